The van der Waals surface area contributed by atoms with Gasteiger partial charge in [-0.3, -0.25) is 19.2 Å². The van der Waals surface area contributed by atoms with E-state index in [-0.39, 0.29) is 48.7 Å². The van der Waals surface area contributed by atoms with E-state index in [2.05, 4.69) is 40.1 Å². The molecule has 2 aliphatic heterocycles. The van der Waals surface area contributed by atoms with E-state index in [1.807, 2.05) is 36.4 Å². The quantitative estimate of drug-likeness (QED) is 0.209. The molecular formula is C41H47N9O5. The van der Waals surface area contributed by atoms with Crippen molar-refractivity contribution in [3.63, 3.8) is 0 Å². The lowest BCUT2D eigenvalue weighted by atomic mass is 10.0. The summed E-state index contributed by atoms with van der Waals surface area (Å²) in [6.45, 7) is 5.85. The lowest BCUT2D eigenvalue weighted by Gasteiger charge is -2.25. The van der Waals surface area contributed by atoms with Crippen molar-refractivity contribution >= 4 is 23.6 Å². The van der Waals surface area contributed by atoms with Crippen LogP contribution in [0.25, 0.3) is 0 Å². The van der Waals surface area contributed by atoms with Gasteiger partial charge >= 0.3 is 0 Å². The molecule has 2 aromatic heterocycles. The van der Waals surface area contributed by atoms with E-state index in [0.717, 1.165) is 24.0 Å². The van der Waals surface area contributed by atoms with Crippen molar-refractivity contribution in [2.24, 2.45) is 11.8 Å². The first kappa shape index (κ1) is 38.6. The number of nitriles is 1. The zero-order chi connectivity index (χ0) is 38.9. The Morgan fingerprint density at radius 3 is 2.42 bits per heavy atom. The maximum absolute atomic E-state index is 14.0. The molecule has 1 fully saturated rings. The average Bonchev–Trinajstić information content (AvgIpc) is 3.90. The van der Waals surface area contributed by atoms with Crippen molar-refractivity contribution in [3.05, 3.63) is 107 Å². The van der Waals surface area contributed by atoms with Crippen molar-refractivity contribution < 1.29 is 23.9 Å². The molecule has 0 saturated heterocycles. The number of hydrogen-bond donors (Lipinski definition) is 4. The van der Waals surface area contributed by atoms with E-state index >= 15 is 0 Å². The monoisotopic (exact) mass is 745 g/mol. The van der Waals surface area contributed by atoms with E-state index in [1.54, 1.807) is 35.9 Å². The summed E-state index contributed by atoms with van der Waals surface area (Å²) in [5.74, 6) is 0.519. The SMILES string of the molecule is CC(C)C[C@H]1COc2ccc(cc2)C[C@H](NC(=O)c2ccc(C#N)nc2)C(=O)N[C@H](C)C(=O)N[C@H](Cc2ccccc2)c2nc(CC3CC3)nn2CC(=O)N1. The van der Waals surface area contributed by atoms with E-state index in [0.29, 0.717) is 42.6 Å². The average molecular weight is 746 g/mol. The van der Waals surface area contributed by atoms with Gasteiger partial charge in [-0.15, -0.1) is 0 Å². The molecule has 7 rings (SSSR count). The fourth-order valence-electron chi connectivity index (χ4n) is 6.52. The van der Waals surface area contributed by atoms with Crippen LogP contribution >= 0.6 is 0 Å². The number of carbonyl (C=O) groups is 4. The molecule has 0 radical (unpaired) electrons. The number of ether oxygens (including phenoxy) is 1. The number of carbonyl (C=O) groups excluding carboxylic acids is 4. The molecule has 1 saturated carbocycles. The number of fused-ring (bicyclic) bond motifs is 14. The van der Waals surface area contributed by atoms with Crippen molar-refractivity contribution in [3.8, 4) is 11.8 Å². The van der Waals surface area contributed by atoms with Crippen molar-refractivity contribution in [2.45, 2.75) is 90.0 Å². The Labute approximate surface area is 320 Å². The lowest BCUT2D eigenvalue weighted by Crippen LogP contribution is -2.54. The molecule has 4 N–H and O–H groups in total. The van der Waals surface area contributed by atoms with Crippen molar-refractivity contribution in [2.75, 3.05) is 6.61 Å². The summed E-state index contributed by atoms with van der Waals surface area (Å²) in [6, 6.07) is 18.5. The maximum Gasteiger partial charge on any atom is 0.253 e. The summed E-state index contributed by atoms with van der Waals surface area (Å²) in [6.07, 6.45) is 5.27. The highest BCUT2D eigenvalue weighted by molar-refractivity contribution is 5.98. The van der Waals surface area contributed by atoms with Crippen LogP contribution < -0.4 is 26.0 Å². The third-order valence-corrected chi connectivity index (χ3v) is 9.57. The second kappa shape index (κ2) is 17.8. The standard InChI is InChI=1S/C41H47N9O5/c1-25(2)17-32-24-55-33-15-11-28(12-16-33)19-35(47-40(53)30-13-14-31(21-42)43-22-30)41(54)44-26(3)39(52)46-34(18-27-7-5-4-6-8-27)38-48-36(20-29-9-10-29)49-50(38)23-37(51)45-32/h4-8,11-16,22,25-26,29,32,34-35H,9-10,17-20,23-24H2,1-3H3,(H,44,54)(H,45,51)(H,46,52)(H,47,53)/t26-,32+,34-,35+/m1/s1. The first-order chi connectivity index (χ1) is 26.5. The number of benzene rings is 2. The number of hydrogen-bond acceptors (Lipinski definition) is 9. The van der Waals surface area contributed by atoms with Gasteiger partial charge in [-0.25, -0.2) is 14.6 Å². The van der Waals surface area contributed by atoms with Crippen LogP contribution in [0.4, 0.5) is 0 Å². The number of nitrogens with zero attached hydrogens (tertiary/aromatic N) is 5. The van der Waals surface area contributed by atoms with Gasteiger partial charge in [-0.05, 0) is 79.8 Å². The molecule has 0 spiro atoms. The fourth-order valence-corrected chi connectivity index (χ4v) is 6.52. The van der Waals surface area contributed by atoms with Gasteiger partial charge in [0.2, 0.25) is 17.7 Å². The largest absolute Gasteiger partial charge is 0.491 e. The number of rotatable bonds is 8. The third kappa shape index (κ3) is 11.0. The molecule has 0 unspecified atom stereocenters. The summed E-state index contributed by atoms with van der Waals surface area (Å²) >= 11 is 0. The fraction of sp³-hybridized carbons (Fsp3) is 0.415. The van der Waals surface area contributed by atoms with Crippen LogP contribution in [0.3, 0.4) is 0 Å². The van der Waals surface area contributed by atoms with E-state index in [1.165, 1.54) is 18.3 Å². The van der Waals surface area contributed by atoms with Crippen molar-refractivity contribution in [1.29, 1.82) is 5.26 Å². The topological polar surface area (TPSA) is 193 Å². The Morgan fingerprint density at radius 2 is 1.75 bits per heavy atom. The molecule has 4 aromatic rings. The Morgan fingerprint density at radius 1 is 0.982 bits per heavy atom. The molecule has 4 atom stereocenters. The summed E-state index contributed by atoms with van der Waals surface area (Å²) in [7, 11) is 0. The molecular weight excluding hydrogens is 699 g/mol. The second-order valence-corrected chi connectivity index (χ2v) is 14.8. The molecule has 4 heterocycles. The molecule has 14 nitrogen and oxygen atoms in total. The van der Waals surface area contributed by atoms with Crippen LogP contribution in [-0.4, -0.2) is 68.1 Å². The predicted molar refractivity (Wildman–Crippen MR) is 202 cm³/mol. The minimum atomic E-state index is -1.07. The minimum absolute atomic E-state index is 0.103. The normalized spacial score (nSPS) is 21.0. The highest BCUT2D eigenvalue weighted by Gasteiger charge is 2.31. The van der Waals surface area contributed by atoms with Crippen LogP contribution in [-0.2, 0) is 40.2 Å². The van der Waals surface area contributed by atoms with Crippen LogP contribution in [0.2, 0.25) is 0 Å². The highest BCUT2D eigenvalue weighted by atomic mass is 16.5. The molecule has 1 aliphatic carbocycles. The van der Waals surface area contributed by atoms with Gasteiger partial charge in [0.25, 0.3) is 5.91 Å². The molecule has 4 amide bonds. The molecule has 2 bridgehead atoms. The molecule has 3 aliphatic rings. The number of aromatic nitrogens is 4. The maximum atomic E-state index is 14.0. The van der Waals surface area contributed by atoms with Gasteiger partial charge in [0.1, 0.15) is 42.7 Å². The Kier molecular flexibility index (Phi) is 12.5. The molecule has 55 heavy (non-hydrogen) atoms. The van der Waals surface area contributed by atoms with Crippen LogP contribution in [0, 0.1) is 23.2 Å². The van der Waals surface area contributed by atoms with E-state index in [4.69, 9.17) is 20.1 Å². The van der Waals surface area contributed by atoms with Crippen LogP contribution in [0.1, 0.15) is 84.9 Å². The van der Waals surface area contributed by atoms with Gasteiger partial charge in [-0.2, -0.15) is 10.4 Å². The van der Waals surface area contributed by atoms with Gasteiger partial charge < -0.3 is 26.0 Å². The van der Waals surface area contributed by atoms with Gasteiger partial charge in [0.05, 0.1) is 17.6 Å². The third-order valence-electron chi connectivity index (χ3n) is 9.57. The molecule has 2 aromatic carbocycles. The lowest BCUT2D eigenvalue weighted by molar-refractivity contribution is -0.130. The predicted octanol–water partition coefficient (Wildman–Crippen LogP) is 3.37. The summed E-state index contributed by atoms with van der Waals surface area (Å²) in [4.78, 5) is 63.8. The number of nitrogens with one attached hydrogen (secondary N) is 4. The van der Waals surface area contributed by atoms with Crippen LogP contribution in [0.15, 0.2) is 72.9 Å². The minimum Gasteiger partial charge on any atom is -0.491 e. The Balaban J connectivity index is 1.33. The van der Waals surface area contributed by atoms with E-state index < -0.39 is 35.8 Å². The zero-order valence-electron chi connectivity index (χ0n) is 31.3. The molecule has 286 valence electrons. The van der Waals surface area contributed by atoms with Gasteiger partial charge in [0, 0.05) is 19.0 Å². The number of pyridine rings is 1. The molecule has 14 heteroatoms. The summed E-state index contributed by atoms with van der Waals surface area (Å²) < 4.78 is 7.73. The van der Waals surface area contributed by atoms with Gasteiger partial charge in [-0.1, -0.05) is 56.3 Å². The van der Waals surface area contributed by atoms with Crippen molar-refractivity contribution in [1.82, 2.24) is 41.0 Å². The number of amides is 4. The smallest absolute Gasteiger partial charge is 0.253 e. The zero-order valence-corrected chi connectivity index (χ0v) is 31.3. The Bertz CT molecular complexity index is 2000. The van der Waals surface area contributed by atoms with Crippen LogP contribution in [0.5, 0.6) is 5.75 Å². The first-order valence-corrected chi connectivity index (χ1v) is 18.8. The summed E-state index contributed by atoms with van der Waals surface area (Å²) in [5.41, 5.74) is 1.99. The second-order valence-electron chi connectivity index (χ2n) is 14.8. The summed E-state index contributed by atoms with van der Waals surface area (Å²) in [5, 5.41) is 25.7. The Hall–Kier alpha value is -6.10. The van der Waals surface area contributed by atoms with E-state index in [9.17, 15) is 19.2 Å². The first-order valence-electron chi connectivity index (χ1n) is 18.8. The highest BCUT2D eigenvalue weighted by Crippen LogP contribution is 2.32. The van der Waals surface area contributed by atoms with Gasteiger partial charge in [0.15, 0.2) is 11.6 Å².